The predicted molar refractivity (Wildman–Crippen MR) is 92.8 cm³/mol. The maximum Gasteiger partial charge on any atom is 0.244 e. The van der Waals surface area contributed by atoms with Crippen molar-refractivity contribution in [3.05, 3.63) is 71.6 Å². The van der Waals surface area contributed by atoms with Crippen LogP contribution >= 0.6 is 0 Å². The van der Waals surface area contributed by atoms with Crippen LogP contribution in [-0.2, 0) is 18.4 Å². The number of fused-ring (bicyclic) bond motifs is 1. The van der Waals surface area contributed by atoms with Crippen molar-refractivity contribution in [3.63, 3.8) is 0 Å². The number of para-hydroxylation sites is 2. The molecule has 2 aromatic carbocycles. The van der Waals surface area contributed by atoms with E-state index in [1.54, 1.807) is 6.08 Å². The fraction of sp³-hybridized carbons (Fsp3) is 0.158. The minimum absolute atomic E-state index is 0.125. The number of benzene rings is 2. The van der Waals surface area contributed by atoms with Gasteiger partial charge in [-0.15, -0.1) is 0 Å². The van der Waals surface area contributed by atoms with Crippen LogP contribution in [0.1, 0.15) is 17.0 Å². The number of aryl methyl sites for hydroxylation is 2. The van der Waals surface area contributed by atoms with E-state index in [4.69, 9.17) is 0 Å². The Bertz CT molecular complexity index is 877. The smallest absolute Gasteiger partial charge is 0.244 e. The molecule has 3 rings (SSSR count). The van der Waals surface area contributed by atoms with Gasteiger partial charge in [0.2, 0.25) is 5.91 Å². The number of hydrogen-bond acceptors (Lipinski definition) is 2. The van der Waals surface area contributed by atoms with Crippen LogP contribution in [0.15, 0.2) is 54.6 Å². The van der Waals surface area contributed by atoms with Gasteiger partial charge in [0.05, 0.1) is 17.6 Å². The minimum atomic E-state index is -0.125. The highest BCUT2D eigenvalue weighted by Crippen LogP contribution is 2.14. The maximum absolute atomic E-state index is 12.0. The SMILES string of the molecule is Cc1ccccc1C=CC(=O)NCc1nc2ccccc2n1C. The van der Waals surface area contributed by atoms with Gasteiger partial charge in [-0.3, -0.25) is 4.79 Å². The Morgan fingerprint density at radius 2 is 1.91 bits per heavy atom. The van der Waals surface area contributed by atoms with Gasteiger partial charge in [-0.1, -0.05) is 36.4 Å². The van der Waals surface area contributed by atoms with Crippen molar-refractivity contribution in [3.8, 4) is 0 Å². The number of nitrogens with one attached hydrogen (secondary N) is 1. The lowest BCUT2D eigenvalue weighted by molar-refractivity contribution is -0.116. The molecule has 23 heavy (non-hydrogen) atoms. The molecule has 0 bridgehead atoms. The fourth-order valence-corrected chi connectivity index (χ4v) is 2.52. The van der Waals surface area contributed by atoms with Crippen LogP contribution in [0.5, 0.6) is 0 Å². The Morgan fingerprint density at radius 3 is 2.70 bits per heavy atom. The zero-order chi connectivity index (χ0) is 16.2. The van der Waals surface area contributed by atoms with Crippen molar-refractivity contribution < 1.29 is 4.79 Å². The van der Waals surface area contributed by atoms with E-state index in [1.807, 2.05) is 73.1 Å². The van der Waals surface area contributed by atoms with E-state index in [-0.39, 0.29) is 5.91 Å². The molecule has 116 valence electrons. The van der Waals surface area contributed by atoms with E-state index >= 15 is 0 Å². The van der Waals surface area contributed by atoms with Crippen LogP contribution in [0, 0.1) is 6.92 Å². The molecule has 0 unspecified atom stereocenters. The topological polar surface area (TPSA) is 46.9 Å². The quantitative estimate of drug-likeness (QED) is 0.752. The summed E-state index contributed by atoms with van der Waals surface area (Å²) in [6.07, 6.45) is 3.39. The molecular formula is C19H19N3O. The highest BCUT2D eigenvalue weighted by atomic mass is 16.1. The highest BCUT2D eigenvalue weighted by Gasteiger charge is 2.07. The fourth-order valence-electron chi connectivity index (χ4n) is 2.52. The summed E-state index contributed by atoms with van der Waals surface area (Å²) < 4.78 is 2.00. The molecule has 0 aliphatic rings. The molecule has 1 heterocycles. The number of aromatic nitrogens is 2. The second-order valence-corrected chi connectivity index (χ2v) is 5.48. The summed E-state index contributed by atoms with van der Waals surface area (Å²) in [4.78, 5) is 16.5. The van der Waals surface area contributed by atoms with Crippen LogP contribution < -0.4 is 5.32 Å². The van der Waals surface area contributed by atoms with Gasteiger partial charge in [-0.05, 0) is 36.3 Å². The molecule has 4 heteroatoms. The van der Waals surface area contributed by atoms with Crippen LogP contribution in [-0.4, -0.2) is 15.5 Å². The summed E-state index contributed by atoms with van der Waals surface area (Å²) in [5.41, 5.74) is 4.19. The molecule has 0 fully saturated rings. The van der Waals surface area contributed by atoms with E-state index in [0.29, 0.717) is 6.54 Å². The predicted octanol–water partition coefficient (Wildman–Crippen LogP) is 3.21. The van der Waals surface area contributed by atoms with Gasteiger partial charge in [-0.25, -0.2) is 4.98 Å². The first-order valence-electron chi connectivity index (χ1n) is 7.57. The van der Waals surface area contributed by atoms with Crippen LogP contribution in [0.4, 0.5) is 0 Å². The first kappa shape index (κ1) is 15.0. The molecule has 1 N–H and O–H groups in total. The summed E-state index contributed by atoms with van der Waals surface area (Å²) in [7, 11) is 1.96. The molecule has 0 spiro atoms. The molecule has 0 atom stereocenters. The van der Waals surface area contributed by atoms with Gasteiger partial charge >= 0.3 is 0 Å². The van der Waals surface area contributed by atoms with Crippen molar-refractivity contribution >= 4 is 23.0 Å². The summed E-state index contributed by atoms with van der Waals surface area (Å²) >= 11 is 0. The van der Waals surface area contributed by atoms with Gasteiger partial charge < -0.3 is 9.88 Å². The zero-order valence-corrected chi connectivity index (χ0v) is 13.3. The molecule has 0 aliphatic heterocycles. The van der Waals surface area contributed by atoms with Gasteiger partial charge in [-0.2, -0.15) is 0 Å². The van der Waals surface area contributed by atoms with Crippen molar-refractivity contribution in [1.82, 2.24) is 14.9 Å². The Kier molecular flexibility index (Phi) is 4.24. The summed E-state index contributed by atoms with van der Waals surface area (Å²) in [6, 6.07) is 15.9. The second-order valence-electron chi connectivity index (χ2n) is 5.48. The van der Waals surface area contributed by atoms with Gasteiger partial charge in [0, 0.05) is 13.1 Å². The first-order chi connectivity index (χ1) is 11.1. The maximum atomic E-state index is 12.0. The van der Waals surface area contributed by atoms with E-state index in [1.165, 1.54) is 0 Å². The van der Waals surface area contributed by atoms with E-state index in [2.05, 4.69) is 10.3 Å². The van der Waals surface area contributed by atoms with E-state index < -0.39 is 0 Å². The molecule has 0 saturated heterocycles. The number of rotatable bonds is 4. The third kappa shape index (κ3) is 3.31. The number of nitrogens with zero attached hydrogens (tertiary/aromatic N) is 2. The summed E-state index contributed by atoms with van der Waals surface area (Å²) in [5, 5.41) is 2.88. The lowest BCUT2D eigenvalue weighted by atomic mass is 10.1. The van der Waals surface area contributed by atoms with Crippen LogP contribution in [0.3, 0.4) is 0 Å². The Hall–Kier alpha value is -2.88. The molecule has 0 radical (unpaired) electrons. The van der Waals surface area contributed by atoms with Gasteiger partial charge in [0.1, 0.15) is 5.82 Å². The Balaban J connectivity index is 1.66. The standard InChI is InChI=1S/C19H19N3O/c1-14-7-3-4-8-15(14)11-12-19(23)20-13-18-21-16-9-5-6-10-17(16)22(18)2/h3-12H,13H2,1-2H3,(H,20,23). The van der Waals surface area contributed by atoms with E-state index in [9.17, 15) is 4.79 Å². The van der Waals surface area contributed by atoms with Gasteiger partial charge in [0.15, 0.2) is 0 Å². The molecule has 1 amide bonds. The average Bonchev–Trinajstić information content (AvgIpc) is 2.89. The minimum Gasteiger partial charge on any atom is -0.345 e. The van der Waals surface area contributed by atoms with E-state index in [0.717, 1.165) is 28.0 Å². The molecule has 4 nitrogen and oxygen atoms in total. The summed E-state index contributed by atoms with van der Waals surface area (Å²) in [6.45, 7) is 2.43. The largest absolute Gasteiger partial charge is 0.345 e. The van der Waals surface area contributed by atoms with Crippen molar-refractivity contribution in [1.29, 1.82) is 0 Å². The normalized spacial score (nSPS) is 11.2. The molecular weight excluding hydrogens is 286 g/mol. The number of hydrogen-bond donors (Lipinski definition) is 1. The second kappa shape index (κ2) is 6.48. The third-order valence-electron chi connectivity index (χ3n) is 3.90. The molecule has 1 aromatic heterocycles. The lowest BCUT2D eigenvalue weighted by Gasteiger charge is -2.03. The van der Waals surface area contributed by atoms with Crippen molar-refractivity contribution in [2.75, 3.05) is 0 Å². The molecule has 0 aliphatic carbocycles. The summed E-state index contributed by atoms with van der Waals surface area (Å²) in [5.74, 6) is 0.712. The number of amides is 1. The van der Waals surface area contributed by atoms with Crippen LogP contribution in [0.2, 0.25) is 0 Å². The Morgan fingerprint density at radius 1 is 1.17 bits per heavy atom. The average molecular weight is 305 g/mol. The van der Waals surface area contributed by atoms with Crippen molar-refractivity contribution in [2.45, 2.75) is 13.5 Å². The molecule has 0 saturated carbocycles. The number of imidazole rings is 1. The number of carbonyl (C=O) groups excluding carboxylic acids is 1. The highest BCUT2D eigenvalue weighted by molar-refractivity contribution is 5.91. The molecule has 3 aromatic rings. The monoisotopic (exact) mass is 305 g/mol. The lowest BCUT2D eigenvalue weighted by Crippen LogP contribution is -2.22. The Labute approximate surface area is 135 Å². The van der Waals surface area contributed by atoms with Crippen molar-refractivity contribution in [2.24, 2.45) is 7.05 Å². The van der Waals surface area contributed by atoms with Crippen LogP contribution in [0.25, 0.3) is 17.1 Å². The van der Waals surface area contributed by atoms with Gasteiger partial charge in [0.25, 0.3) is 0 Å². The zero-order valence-electron chi connectivity index (χ0n) is 13.3. The number of carbonyl (C=O) groups is 1. The first-order valence-corrected chi connectivity index (χ1v) is 7.57. The third-order valence-corrected chi connectivity index (χ3v) is 3.90.